The highest BCUT2D eigenvalue weighted by molar-refractivity contribution is 8.00. The second-order valence-electron chi connectivity index (χ2n) is 8.18. The number of hydrogen-bond acceptors (Lipinski definition) is 6. The number of thioether (sulfide) groups is 1. The van der Waals surface area contributed by atoms with Crippen molar-refractivity contribution in [1.29, 1.82) is 5.26 Å². The maximum atomic E-state index is 13.3. The molecule has 0 aliphatic heterocycles. The molecule has 39 heavy (non-hydrogen) atoms. The van der Waals surface area contributed by atoms with E-state index in [0.717, 1.165) is 29.0 Å². The third-order valence-electron chi connectivity index (χ3n) is 5.73. The third-order valence-corrected chi connectivity index (χ3v) is 6.71. The Morgan fingerprint density at radius 2 is 1.54 bits per heavy atom. The lowest BCUT2D eigenvalue weighted by Crippen LogP contribution is -2.18. The summed E-state index contributed by atoms with van der Waals surface area (Å²) in [6.07, 6.45) is -4.62. The molecule has 1 heterocycles. The van der Waals surface area contributed by atoms with E-state index in [-0.39, 0.29) is 22.0 Å². The van der Waals surface area contributed by atoms with Gasteiger partial charge < -0.3 is 14.8 Å². The van der Waals surface area contributed by atoms with E-state index in [1.807, 2.05) is 24.3 Å². The average Bonchev–Trinajstić information content (AvgIpc) is 2.95. The molecule has 4 rings (SSSR count). The Kier molecular flexibility index (Phi) is 8.42. The van der Waals surface area contributed by atoms with Crippen LogP contribution in [0.15, 0.2) is 83.9 Å². The Hall–Kier alpha value is -4.49. The Balaban J connectivity index is 1.69. The van der Waals surface area contributed by atoms with Gasteiger partial charge in [-0.3, -0.25) is 4.79 Å². The number of benzene rings is 3. The van der Waals surface area contributed by atoms with Crippen LogP contribution >= 0.6 is 11.8 Å². The van der Waals surface area contributed by atoms with Crippen molar-refractivity contribution in [3.8, 4) is 40.0 Å². The minimum Gasteiger partial charge on any atom is -0.497 e. The molecule has 0 radical (unpaired) electrons. The molecule has 0 saturated carbocycles. The van der Waals surface area contributed by atoms with E-state index >= 15 is 0 Å². The largest absolute Gasteiger partial charge is 0.497 e. The zero-order chi connectivity index (χ0) is 28.0. The summed E-state index contributed by atoms with van der Waals surface area (Å²) in [5, 5.41) is 12.6. The summed E-state index contributed by atoms with van der Waals surface area (Å²) < 4.78 is 50.5. The van der Waals surface area contributed by atoms with Crippen molar-refractivity contribution in [1.82, 2.24) is 4.98 Å². The Labute approximate surface area is 227 Å². The minimum absolute atomic E-state index is 0.242. The zero-order valence-corrected chi connectivity index (χ0v) is 21.7. The molecular weight excluding hydrogens is 527 g/mol. The fourth-order valence-corrected chi connectivity index (χ4v) is 4.60. The fourth-order valence-electron chi connectivity index (χ4n) is 3.80. The van der Waals surface area contributed by atoms with Crippen molar-refractivity contribution < 1.29 is 27.4 Å². The van der Waals surface area contributed by atoms with Crippen LogP contribution in [0, 0.1) is 11.3 Å². The van der Waals surface area contributed by atoms with E-state index in [2.05, 4.69) is 16.4 Å². The van der Waals surface area contributed by atoms with Crippen LogP contribution < -0.4 is 14.8 Å². The predicted molar refractivity (Wildman–Crippen MR) is 144 cm³/mol. The molecule has 0 spiro atoms. The van der Waals surface area contributed by atoms with Crippen LogP contribution in [0.5, 0.6) is 11.5 Å². The number of ether oxygens (including phenoxy) is 2. The Morgan fingerprint density at radius 1 is 0.949 bits per heavy atom. The highest BCUT2D eigenvalue weighted by Gasteiger charge is 2.33. The van der Waals surface area contributed by atoms with Gasteiger partial charge in [0.1, 0.15) is 22.6 Å². The van der Waals surface area contributed by atoms with Gasteiger partial charge in [0.25, 0.3) is 0 Å². The van der Waals surface area contributed by atoms with Crippen LogP contribution in [0.3, 0.4) is 0 Å². The van der Waals surface area contributed by atoms with Crippen molar-refractivity contribution in [3.63, 3.8) is 0 Å². The number of hydrogen-bond donors (Lipinski definition) is 1. The normalized spacial score (nSPS) is 11.0. The summed E-state index contributed by atoms with van der Waals surface area (Å²) in [6, 6.07) is 23.1. The molecule has 10 heteroatoms. The van der Waals surface area contributed by atoms with E-state index in [9.17, 15) is 23.2 Å². The number of rotatable bonds is 8. The van der Waals surface area contributed by atoms with Crippen molar-refractivity contribution in [2.75, 3.05) is 25.3 Å². The van der Waals surface area contributed by atoms with Crippen molar-refractivity contribution >= 4 is 23.4 Å². The zero-order valence-electron chi connectivity index (χ0n) is 20.9. The first kappa shape index (κ1) is 27.5. The number of alkyl halides is 3. The first-order chi connectivity index (χ1) is 18.7. The van der Waals surface area contributed by atoms with Gasteiger partial charge >= 0.3 is 6.18 Å². The molecule has 0 aliphatic carbocycles. The van der Waals surface area contributed by atoms with Gasteiger partial charge in [-0.25, -0.2) is 4.98 Å². The van der Waals surface area contributed by atoms with Crippen LogP contribution in [0.25, 0.3) is 22.4 Å². The second kappa shape index (κ2) is 11.9. The Bertz CT molecular complexity index is 1520. The molecule has 1 aromatic heterocycles. The van der Waals surface area contributed by atoms with Crippen LogP contribution in [-0.2, 0) is 11.0 Å². The number of methoxy groups -OCH3 is 2. The molecule has 0 saturated heterocycles. The summed E-state index contributed by atoms with van der Waals surface area (Å²) in [5.74, 6) is 0.380. The highest BCUT2D eigenvalue weighted by atomic mass is 32.2. The number of para-hydroxylation sites is 1. The van der Waals surface area contributed by atoms with Crippen molar-refractivity contribution in [2.24, 2.45) is 0 Å². The molecular formula is C29H22F3N3O3S. The van der Waals surface area contributed by atoms with Gasteiger partial charge in [0.15, 0.2) is 0 Å². The summed E-state index contributed by atoms with van der Waals surface area (Å²) in [7, 11) is 3.11. The predicted octanol–water partition coefficient (Wildman–Crippen LogP) is 7.05. The molecule has 1 N–H and O–H groups in total. The van der Waals surface area contributed by atoms with Crippen LogP contribution in [-0.4, -0.2) is 30.9 Å². The van der Waals surface area contributed by atoms with Crippen molar-refractivity contribution in [3.05, 3.63) is 90.0 Å². The maximum absolute atomic E-state index is 13.3. The lowest BCUT2D eigenvalue weighted by Gasteiger charge is -2.15. The third kappa shape index (κ3) is 6.51. The van der Waals surface area contributed by atoms with Gasteiger partial charge in [-0.2, -0.15) is 18.4 Å². The second-order valence-corrected chi connectivity index (χ2v) is 9.15. The molecule has 4 aromatic rings. The number of carbonyl (C=O) groups excluding carboxylic acids is 1. The minimum atomic E-state index is -4.62. The number of pyridine rings is 1. The summed E-state index contributed by atoms with van der Waals surface area (Å²) in [4.78, 5) is 17.3. The molecule has 1 amide bonds. The first-order valence-electron chi connectivity index (χ1n) is 11.6. The summed E-state index contributed by atoms with van der Waals surface area (Å²) in [6.45, 7) is 0. The molecule has 0 fully saturated rings. The van der Waals surface area contributed by atoms with Gasteiger partial charge in [0, 0.05) is 11.1 Å². The monoisotopic (exact) mass is 549 g/mol. The van der Waals surface area contributed by atoms with Gasteiger partial charge in [-0.1, -0.05) is 36.0 Å². The molecule has 0 unspecified atom stereocenters. The number of carbonyl (C=O) groups is 1. The molecule has 0 bridgehead atoms. The number of anilines is 1. The summed E-state index contributed by atoms with van der Waals surface area (Å²) in [5.41, 5.74) is 1.58. The lowest BCUT2D eigenvalue weighted by molar-refractivity contribution is -0.137. The number of amides is 1. The Morgan fingerprint density at radius 3 is 2.10 bits per heavy atom. The number of nitrogens with one attached hydrogen (secondary N) is 1. The van der Waals surface area contributed by atoms with Gasteiger partial charge in [-0.15, -0.1) is 0 Å². The van der Waals surface area contributed by atoms with Crippen LogP contribution in [0.4, 0.5) is 18.9 Å². The SMILES string of the molecule is COc1ccc(-c2cc(-c3ccc(OC)cc3)c(C#N)c(SCC(=O)Nc3ccccc3C(F)(F)F)n2)cc1. The lowest BCUT2D eigenvalue weighted by atomic mass is 9.99. The molecule has 3 aromatic carbocycles. The molecule has 6 nitrogen and oxygen atoms in total. The van der Waals surface area contributed by atoms with Gasteiger partial charge in [-0.05, 0) is 60.2 Å². The fraction of sp³-hybridized carbons (Fsp3) is 0.138. The number of halogens is 3. The van der Waals surface area contributed by atoms with Crippen molar-refractivity contribution in [2.45, 2.75) is 11.2 Å². The maximum Gasteiger partial charge on any atom is 0.418 e. The van der Waals surface area contributed by atoms with E-state index in [1.54, 1.807) is 44.6 Å². The smallest absolute Gasteiger partial charge is 0.418 e. The quantitative estimate of drug-likeness (QED) is 0.237. The number of nitrogens with zero attached hydrogens (tertiary/aromatic N) is 2. The van der Waals surface area contributed by atoms with E-state index in [4.69, 9.17) is 9.47 Å². The first-order valence-corrected chi connectivity index (χ1v) is 12.5. The van der Waals surface area contributed by atoms with E-state index in [0.29, 0.717) is 22.8 Å². The standard InChI is InChI=1S/C29H22F3N3O3S/c1-37-20-11-7-18(8-12-20)22-15-26(19-9-13-21(38-2)14-10-19)35-28(23(22)16-33)39-17-27(36)34-25-6-4-3-5-24(25)29(30,31)32/h3-15H,17H2,1-2H3,(H,34,36). The molecule has 0 atom stereocenters. The van der Waals surface area contributed by atoms with E-state index in [1.165, 1.54) is 18.2 Å². The van der Waals surface area contributed by atoms with E-state index < -0.39 is 17.6 Å². The average molecular weight is 550 g/mol. The highest BCUT2D eigenvalue weighted by Crippen LogP contribution is 2.37. The summed E-state index contributed by atoms with van der Waals surface area (Å²) >= 11 is 0.969. The number of aromatic nitrogens is 1. The molecule has 198 valence electrons. The topological polar surface area (TPSA) is 84.2 Å². The van der Waals surface area contributed by atoms with Gasteiger partial charge in [0.05, 0.1) is 42.5 Å². The number of nitriles is 1. The van der Waals surface area contributed by atoms with Crippen LogP contribution in [0.2, 0.25) is 0 Å². The molecule has 0 aliphatic rings. The van der Waals surface area contributed by atoms with Gasteiger partial charge in [0.2, 0.25) is 5.91 Å². The van der Waals surface area contributed by atoms with Crippen LogP contribution in [0.1, 0.15) is 11.1 Å².